The highest BCUT2D eigenvalue weighted by Gasteiger charge is 2.21. The molecule has 9 nitrogen and oxygen atoms in total. The van der Waals surface area contributed by atoms with Crippen LogP contribution < -0.4 is 20.7 Å². The predicted octanol–water partition coefficient (Wildman–Crippen LogP) is 1.13. The smallest absolute Gasteiger partial charge is 0.321 e. The van der Waals surface area contributed by atoms with Crippen LogP contribution in [-0.4, -0.2) is 45.5 Å². The largest absolute Gasteiger partial charge is 0.458 e. The Balaban J connectivity index is 1.72. The Morgan fingerprint density at radius 1 is 1.21 bits per heavy atom. The van der Waals surface area contributed by atoms with Crippen LogP contribution >= 0.6 is 0 Å². The van der Waals surface area contributed by atoms with Crippen LogP contribution in [0.25, 0.3) is 10.9 Å². The van der Waals surface area contributed by atoms with Gasteiger partial charge in [0.15, 0.2) is 0 Å². The van der Waals surface area contributed by atoms with Gasteiger partial charge in [0.25, 0.3) is 0 Å². The minimum atomic E-state index is -0.0225. The molecule has 3 N–H and O–H groups in total. The first-order chi connectivity index (χ1) is 13.5. The molecule has 0 bridgehead atoms. The molecule has 2 aromatic heterocycles. The van der Waals surface area contributed by atoms with Crippen LogP contribution in [0, 0.1) is 13.8 Å². The molecule has 1 aliphatic heterocycles. The number of piperazine rings is 1. The van der Waals surface area contributed by atoms with Crippen molar-refractivity contribution in [3.05, 3.63) is 41.2 Å². The van der Waals surface area contributed by atoms with Crippen molar-refractivity contribution in [2.24, 2.45) is 0 Å². The highest BCUT2D eigenvalue weighted by Crippen LogP contribution is 2.27. The molecule has 0 unspecified atom stereocenters. The van der Waals surface area contributed by atoms with Crippen molar-refractivity contribution in [1.29, 1.82) is 0 Å². The summed E-state index contributed by atoms with van der Waals surface area (Å²) >= 11 is 0. The summed E-state index contributed by atoms with van der Waals surface area (Å²) in [6, 6.07) is 8.23. The lowest BCUT2D eigenvalue weighted by molar-refractivity contribution is -0.120. The lowest BCUT2D eigenvalue weighted by Crippen LogP contribution is -2.48. The van der Waals surface area contributed by atoms with Gasteiger partial charge in [-0.2, -0.15) is 15.0 Å². The van der Waals surface area contributed by atoms with E-state index in [-0.39, 0.29) is 31.0 Å². The average molecular weight is 379 g/mol. The molecule has 0 radical (unpaired) electrons. The zero-order valence-corrected chi connectivity index (χ0v) is 15.8. The fraction of sp³-hybridized carbons (Fsp3) is 0.316. The Bertz CT molecular complexity index is 1030. The second-order valence-corrected chi connectivity index (χ2v) is 6.70. The number of rotatable bonds is 4. The fourth-order valence-corrected chi connectivity index (χ4v) is 3.26. The van der Waals surface area contributed by atoms with E-state index in [0.717, 1.165) is 27.8 Å². The van der Waals surface area contributed by atoms with Gasteiger partial charge in [-0.3, -0.25) is 4.79 Å². The van der Waals surface area contributed by atoms with Gasteiger partial charge in [-0.25, -0.2) is 4.98 Å². The number of anilines is 2. The molecule has 0 saturated carbocycles. The number of amides is 1. The third-order valence-corrected chi connectivity index (χ3v) is 4.54. The summed E-state index contributed by atoms with van der Waals surface area (Å²) in [7, 11) is 0. The summed E-state index contributed by atoms with van der Waals surface area (Å²) < 4.78 is 5.78. The van der Waals surface area contributed by atoms with Gasteiger partial charge < -0.3 is 20.7 Å². The molecular formula is C19H21N7O2. The molecule has 28 heavy (non-hydrogen) atoms. The topological polar surface area (TPSA) is 119 Å². The van der Waals surface area contributed by atoms with E-state index >= 15 is 0 Å². The number of aryl methyl sites for hydroxylation is 2. The zero-order valence-electron chi connectivity index (χ0n) is 15.8. The first-order valence-electron chi connectivity index (χ1n) is 9.01. The van der Waals surface area contributed by atoms with E-state index in [1.165, 1.54) is 0 Å². The highest BCUT2D eigenvalue weighted by atomic mass is 16.5. The van der Waals surface area contributed by atoms with E-state index in [1.807, 2.05) is 36.1 Å². The van der Waals surface area contributed by atoms with Gasteiger partial charge in [0.1, 0.15) is 18.2 Å². The lowest BCUT2D eigenvalue weighted by atomic mass is 10.1. The summed E-state index contributed by atoms with van der Waals surface area (Å²) in [5.74, 6) is 1.31. The van der Waals surface area contributed by atoms with Gasteiger partial charge in [-0.05, 0) is 25.5 Å². The van der Waals surface area contributed by atoms with Crippen molar-refractivity contribution in [1.82, 2.24) is 25.3 Å². The average Bonchev–Trinajstić information content (AvgIpc) is 2.65. The molecule has 1 aromatic carbocycles. The molecule has 0 spiro atoms. The molecule has 1 amide bonds. The van der Waals surface area contributed by atoms with Crippen LogP contribution in [0.5, 0.6) is 6.01 Å². The number of ether oxygens (including phenoxy) is 1. The quantitative estimate of drug-likeness (QED) is 0.692. The molecule has 1 saturated heterocycles. The van der Waals surface area contributed by atoms with Crippen molar-refractivity contribution in [3.63, 3.8) is 0 Å². The summed E-state index contributed by atoms with van der Waals surface area (Å²) in [5, 5.41) is 3.85. The van der Waals surface area contributed by atoms with Gasteiger partial charge >= 0.3 is 6.01 Å². The summed E-state index contributed by atoms with van der Waals surface area (Å²) in [5.41, 5.74) is 8.51. The van der Waals surface area contributed by atoms with Crippen LogP contribution in [0.15, 0.2) is 24.3 Å². The molecule has 3 aromatic rings. The van der Waals surface area contributed by atoms with Gasteiger partial charge in [-0.1, -0.05) is 18.2 Å². The molecule has 3 heterocycles. The third-order valence-electron chi connectivity index (χ3n) is 4.54. The van der Waals surface area contributed by atoms with E-state index in [2.05, 4.69) is 20.3 Å². The number of aromatic nitrogens is 4. The number of fused-ring (bicyclic) bond motifs is 1. The SMILES string of the molecule is Cc1nc(N)nc(OCc2cc3cccc(C)c3nc2N2CCNC(=O)C2)n1. The molecular weight excluding hydrogens is 358 g/mol. The number of nitrogens with two attached hydrogens (primary N) is 1. The first kappa shape index (κ1) is 17.9. The first-order valence-corrected chi connectivity index (χ1v) is 9.01. The summed E-state index contributed by atoms with van der Waals surface area (Å²) in [6.07, 6.45) is 0. The van der Waals surface area contributed by atoms with Gasteiger partial charge in [0.05, 0.1) is 12.1 Å². The van der Waals surface area contributed by atoms with Gasteiger partial charge in [-0.15, -0.1) is 0 Å². The van der Waals surface area contributed by atoms with E-state index in [1.54, 1.807) is 6.92 Å². The molecule has 0 aliphatic carbocycles. The minimum Gasteiger partial charge on any atom is -0.458 e. The maximum atomic E-state index is 11.9. The van der Waals surface area contributed by atoms with Gasteiger partial charge in [0, 0.05) is 24.0 Å². The molecule has 1 fully saturated rings. The third kappa shape index (κ3) is 3.64. The van der Waals surface area contributed by atoms with Crippen molar-refractivity contribution in [3.8, 4) is 6.01 Å². The number of pyridine rings is 1. The van der Waals surface area contributed by atoms with E-state index in [9.17, 15) is 4.79 Å². The minimum absolute atomic E-state index is 0.0225. The number of hydrogen-bond acceptors (Lipinski definition) is 8. The number of benzene rings is 1. The number of hydrogen-bond donors (Lipinski definition) is 2. The van der Waals surface area contributed by atoms with Gasteiger partial charge in [0.2, 0.25) is 11.9 Å². The van der Waals surface area contributed by atoms with Crippen molar-refractivity contribution in [2.75, 3.05) is 30.3 Å². The number of para-hydroxylation sites is 1. The number of carbonyl (C=O) groups is 1. The predicted molar refractivity (Wildman–Crippen MR) is 105 cm³/mol. The Morgan fingerprint density at radius 2 is 2.07 bits per heavy atom. The van der Waals surface area contributed by atoms with Crippen LogP contribution in [0.1, 0.15) is 17.0 Å². The zero-order chi connectivity index (χ0) is 19.7. The monoisotopic (exact) mass is 379 g/mol. The Morgan fingerprint density at radius 3 is 2.86 bits per heavy atom. The maximum absolute atomic E-state index is 11.9. The van der Waals surface area contributed by atoms with E-state index < -0.39 is 0 Å². The molecule has 0 atom stereocenters. The van der Waals surface area contributed by atoms with Crippen LogP contribution in [-0.2, 0) is 11.4 Å². The van der Waals surface area contributed by atoms with E-state index in [0.29, 0.717) is 18.9 Å². The Labute approximate surface area is 162 Å². The standard InChI is InChI=1S/C19H21N7O2/c1-11-4-3-5-13-8-14(10-28-19-23-12(2)22-18(20)25-19)17(24-16(11)13)26-7-6-21-15(27)9-26/h3-5,8H,6-7,9-10H2,1-2H3,(H,21,27)(H2,20,22,23,25). The van der Waals surface area contributed by atoms with Crippen LogP contribution in [0.2, 0.25) is 0 Å². The van der Waals surface area contributed by atoms with Crippen molar-refractivity contribution >= 4 is 28.6 Å². The highest BCUT2D eigenvalue weighted by molar-refractivity contribution is 5.87. The van der Waals surface area contributed by atoms with Crippen molar-refractivity contribution in [2.45, 2.75) is 20.5 Å². The van der Waals surface area contributed by atoms with Crippen LogP contribution in [0.3, 0.4) is 0 Å². The number of nitrogen functional groups attached to an aromatic ring is 1. The molecule has 1 aliphatic rings. The number of carbonyl (C=O) groups excluding carboxylic acids is 1. The number of nitrogens with one attached hydrogen (secondary N) is 1. The fourth-order valence-electron chi connectivity index (χ4n) is 3.26. The van der Waals surface area contributed by atoms with Crippen molar-refractivity contribution < 1.29 is 9.53 Å². The maximum Gasteiger partial charge on any atom is 0.321 e. The lowest BCUT2D eigenvalue weighted by Gasteiger charge is -2.29. The molecule has 144 valence electrons. The summed E-state index contributed by atoms with van der Waals surface area (Å²) in [4.78, 5) is 30.8. The molecule has 9 heteroatoms. The Hall–Kier alpha value is -3.49. The second kappa shape index (κ2) is 7.26. The second-order valence-electron chi connectivity index (χ2n) is 6.70. The van der Waals surface area contributed by atoms with Crippen LogP contribution in [0.4, 0.5) is 11.8 Å². The Kier molecular flexibility index (Phi) is 4.64. The molecule has 4 rings (SSSR count). The normalized spacial score (nSPS) is 14.2. The van der Waals surface area contributed by atoms with E-state index in [4.69, 9.17) is 15.5 Å². The number of nitrogens with zero attached hydrogens (tertiary/aromatic N) is 5. The summed E-state index contributed by atoms with van der Waals surface area (Å²) in [6.45, 7) is 5.47.